The second-order valence-electron chi connectivity index (χ2n) is 6.59. The van der Waals surface area contributed by atoms with E-state index in [0.717, 1.165) is 19.4 Å². The molecule has 19 heavy (non-hydrogen) atoms. The average molecular weight is 266 g/mol. The van der Waals surface area contributed by atoms with Gasteiger partial charge >= 0.3 is 0 Å². The highest BCUT2D eigenvalue weighted by Gasteiger charge is 2.50. The largest absolute Gasteiger partial charge is 0.376 e. The Morgan fingerprint density at radius 2 is 2.11 bits per heavy atom. The maximum absolute atomic E-state index is 12.6. The van der Waals surface area contributed by atoms with Crippen LogP contribution in [0, 0.1) is 11.8 Å². The van der Waals surface area contributed by atoms with E-state index >= 15 is 0 Å². The molecular weight excluding hydrogens is 240 g/mol. The molecule has 0 spiro atoms. The van der Waals surface area contributed by atoms with Gasteiger partial charge in [0, 0.05) is 6.61 Å². The van der Waals surface area contributed by atoms with E-state index in [2.05, 4.69) is 31.0 Å². The molecule has 0 aromatic carbocycles. The van der Waals surface area contributed by atoms with Crippen molar-refractivity contribution in [3.63, 3.8) is 0 Å². The van der Waals surface area contributed by atoms with Gasteiger partial charge in [-0.2, -0.15) is 0 Å². The van der Waals surface area contributed by atoms with Gasteiger partial charge in [0.1, 0.15) is 0 Å². The normalized spacial score (nSPS) is 39.6. The summed E-state index contributed by atoms with van der Waals surface area (Å²) in [6.07, 6.45) is 4.92. The van der Waals surface area contributed by atoms with Crippen molar-refractivity contribution < 1.29 is 9.53 Å². The fraction of sp³-hybridized carbons (Fsp3) is 0.933. The number of rotatable bonds is 4. The minimum Gasteiger partial charge on any atom is -0.376 e. The molecule has 4 unspecified atom stereocenters. The Balaban J connectivity index is 1.81. The van der Waals surface area contributed by atoms with E-state index < -0.39 is 0 Å². The second kappa shape index (κ2) is 5.06. The summed E-state index contributed by atoms with van der Waals surface area (Å²) in [7, 11) is 0. The summed E-state index contributed by atoms with van der Waals surface area (Å²) in [6.45, 7) is 7.28. The first-order valence-electron chi connectivity index (χ1n) is 7.83. The van der Waals surface area contributed by atoms with Crippen LogP contribution in [0.3, 0.4) is 0 Å². The van der Waals surface area contributed by atoms with Crippen molar-refractivity contribution in [3.8, 4) is 0 Å². The summed E-state index contributed by atoms with van der Waals surface area (Å²) in [4.78, 5) is 14.8. The number of nitrogens with zero attached hydrogens (tertiary/aromatic N) is 1. The number of hydrogen-bond acceptors (Lipinski definition) is 3. The van der Waals surface area contributed by atoms with Crippen LogP contribution in [-0.2, 0) is 9.53 Å². The fourth-order valence-electron chi connectivity index (χ4n) is 3.62. The highest BCUT2D eigenvalue weighted by molar-refractivity contribution is 5.84. The molecule has 3 rings (SSSR count). The molecule has 1 aliphatic carbocycles. The average Bonchev–Trinajstić information content (AvgIpc) is 3.01. The summed E-state index contributed by atoms with van der Waals surface area (Å²) in [5.41, 5.74) is 0. The quantitative estimate of drug-likeness (QED) is 0.843. The van der Waals surface area contributed by atoms with Crippen LogP contribution in [0.4, 0.5) is 0 Å². The summed E-state index contributed by atoms with van der Waals surface area (Å²) in [6, 6.07) is 0.310. The van der Waals surface area contributed by atoms with E-state index in [9.17, 15) is 4.79 Å². The second-order valence-corrected chi connectivity index (χ2v) is 6.59. The predicted molar refractivity (Wildman–Crippen MR) is 73.6 cm³/mol. The van der Waals surface area contributed by atoms with Gasteiger partial charge in [-0.15, -0.1) is 0 Å². The zero-order valence-electron chi connectivity index (χ0n) is 12.3. The standard InChI is InChI=1S/C15H26N2O2/c1-4-11-15(18)17(14(16-11)9(2)3)12-7-8-19-13(12)10-5-6-10/h9-14,16H,4-8H2,1-3H3. The fourth-order valence-corrected chi connectivity index (χ4v) is 3.62. The monoisotopic (exact) mass is 266 g/mol. The van der Waals surface area contributed by atoms with Crippen molar-refractivity contribution in [3.05, 3.63) is 0 Å². The van der Waals surface area contributed by atoms with Crippen LogP contribution < -0.4 is 5.32 Å². The predicted octanol–water partition coefficient (Wildman–Crippen LogP) is 1.75. The lowest BCUT2D eigenvalue weighted by Gasteiger charge is -2.35. The lowest BCUT2D eigenvalue weighted by atomic mass is 10.0. The molecule has 108 valence electrons. The molecule has 1 amide bonds. The van der Waals surface area contributed by atoms with Gasteiger partial charge in [-0.3, -0.25) is 10.1 Å². The van der Waals surface area contributed by atoms with Crippen LogP contribution in [0.25, 0.3) is 0 Å². The van der Waals surface area contributed by atoms with E-state index in [1.165, 1.54) is 12.8 Å². The maximum Gasteiger partial charge on any atom is 0.241 e. The van der Waals surface area contributed by atoms with Crippen molar-refractivity contribution in [2.45, 2.75) is 70.8 Å². The molecular formula is C15H26N2O2. The number of hydrogen-bond donors (Lipinski definition) is 1. The molecule has 4 nitrogen and oxygen atoms in total. The van der Waals surface area contributed by atoms with Gasteiger partial charge in [0.05, 0.1) is 24.4 Å². The summed E-state index contributed by atoms with van der Waals surface area (Å²) < 4.78 is 5.93. The van der Waals surface area contributed by atoms with Crippen LogP contribution >= 0.6 is 0 Å². The smallest absolute Gasteiger partial charge is 0.241 e. The van der Waals surface area contributed by atoms with Crippen molar-refractivity contribution in [1.29, 1.82) is 0 Å². The Morgan fingerprint density at radius 3 is 2.68 bits per heavy atom. The molecule has 1 saturated carbocycles. The topological polar surface area (TPSA) is 41.6 Å². The first kappa shape index (κ1) is 13.4. The van der Waals surface area contributed by atoms with Crippen molar-refractivity contribution in [2.24, 2.45) is 11.8 Å². The van der Waals surface area contributed by atoms with Gasteiger partial charge in [-0.25, -0.2) is 0 Å². The van der Waals surface area contributed by atoms with Gasteiger partial charge in [0.25, 0.3) is 0 Å². The highest BCUT2D eigenvalue weighted by Crippen LogP contribution is 2.41. The first-order valence-corrected chi connectivity index (χ1v) is 7.83. The van der Waals surface area contributed by atoms with Crippen molar-refractivity contribution in [1.82, 2.24) is 10.2 Å². The zero-order chi connectivity index (χ0) is 13.6. The van der Waals surface area contributed by atoms with Crippen molar-refractivity contribution in [2.75, 3.05) is 6.61 Å². The Morgan fingerprint density at radius 1 is 1.37 bits per heavy atom. The Bertz CT molecular complexity index is 354. The zero-order valence-corrected chi connectivity index (χ0v) is 12.3. The number of amides is 1. The van der Waals surface area contributed by atoms with E-state index in [4.69, 9.17) is 4.74 Å². The van der Waals surface area contributed by atoms with Gasteiger partial charge in [-0.1, -0.05) is 20.8 Å². The van der Waals surface area contributed by atoms with E-state index in [-0.39, 0.29) is 12.2 Å². The molecule has 2 saturated heterocycles. The summed E-state index contributed by atoms with van der Waals surface area (Å²) >= 11 is 0. The highest BCUT2D eigenvalue weighted by atomic mass is 16.5. The Hall–Kier alpha value is -0.610. The molecule has 2 aliphatic heterocycles. The minimum absolute atomic E-state index is 0.00727. The van der Waals surface area contributed by atoms with Gasteiger partial charge in [0.2, 0.25) is 5.91 Å². The number of nitrogens with one attached hydrogen (secondary N) is 1. The molecule has 0 radical (unpaired) electrons. The third kappa shape index (κ3) is 2.29. The molecule has 1 N–H and O–H groups in total. The lowest BCUT2D eigenvalue weighted by Crippen LogP contribution is -2.50. The number of ether oxygens (including phenoxy) is 1. The van der Waals surface area contributed by atoms with Gasteiger partial charge < -0.3 is 9.64 Å². The van der Waals surface area contributed by atoms with Crippen LogP contribution in [0.15, 0.2) is 0 Å². The molecule has 4 heteroatoms. The molecule has 3 fully saturated rings. The van der Waals surface area contributed by atoms with Gasteiger partial charge in [-0.05, 0) is 37.5 Å². The third-order valence-corrected chi connectivity index (χ3v) is 4.81. The molecule has 0 bridgehead atoms. The number of carbonyl (C=O) groups is 1. The maximum atomic E-state index is 12.6. The molecule has 4 atom stereocenters. The van der Waals surface area contributed by atoms with Crippen LogP contribution in [-0.4, -0.2) is 41.8 Å². The van der Waals surface area contributed by atoms with Gasteiger partial charge in [0.15, 0.2) is 0 Å². The molecule has 0 aromatic heterocycles. The van der Waals surface area contributed by atoms with Crippen LogP contribution in [0.2, 0.25) is 0 Å². The van der Waals surface area contributed by atoms with Crippen LogP contribution in [0.1, 0.15) is 46.5 Å². The number of carbonyl (C=O) groups excluding carboxylic acids is 1. The van der Waals surface area contributed by atoms with E-state index in [0.29, 0.717) is 29.9 Å². The summed E-state index contributed by atoms with van der Waals surface area (Å²) in [5.74, 6) is 1.44. The van der Waals surface area contributed by atoms with Crippen LogP contribution in [0.5, 0.6) is 0 Å². The Labute approximate surface area is 115 Å². The van der Waals surface area contributed by atoms with E-state index in [1.807, 2.05) is 0 Å². The van der Waals surface area contributed by atoms with Crippen molar-refractivity contribution >= 4 is 5.91 Å². The Kier molecular flexibility index (Phi) is 3.56. The molecule has 3 aliphatic rings. The SMILES string of the molecule is CCC1NC(C(C)C)N(C2CCOC2C2CC2)C1=O. The first-order chi connectivity index (χ1) is 9.13. The third-order valence-electron chi connectivity index (χ3n) is 4.81. The minimum atomic E-state index is 0.00727. The molecule has 2 heterocycles. The summed E-state index contributed by atoms with van der Waals surface area (Å²) in [5, 5.41) is 3.52. The lowest BCUT2D eigenvalue weighted by molar-refractivity contribution is -0.134. The van der Waals surface area contributed by atoms with E-state index in [1.54, 1.807) is 0 Å². The molecule has 0 aromatic rings.